The molecule has 2 unspecified atom stereocenters. The third kappa shape index (κ3) is 13.7. The second-order valence-corrected chi connectivity index (χ2v) is 6.36. The van der Waals surface area contributed by atoms with E-state index < -0.39 is 36.0 Å². The van der Waals surface area contributed by atoms with E-state index in [4.69, 9.17) is 19.9 Å². The molecule has 0 spiro atoms. The number of ether oxygens (including phenoxy) is 3. The van der Waals surface area contributed by atoms with Crippen LogP contribution >= 0.6 is 0 Å². The van der Waals surface area contributed by atoms with E-state index in [1.807, 2.05) is 0 Å². The molecule has 0 bridgehead atoms. The van der Waals surface area contributed by atoms with Crippen molar-refractivity contribution in [3.8, 4) is 0 Å². The van der Waals surface area contributed by atoms with Gasteiger partial charge in [-0.05, 0) is 32.2 Å². The van der Waals surface area contributed by atoms with Gasteiger partial charge in [0.15, 0.2) is 0 Å². The Morgan fingerprint density at radius 2 is 1.26 bits per heavy atom. The van der Waals surface area contributed by atoms with Crippen molar-refractivity contribution in [2.45, 2.75) is 44.2 Å². The number of nitrogens with two attached hydrogens (primary N) is 1. The largest absolute Gasteiger partial charge is 0.461 e. The molecule has 0 aliphatic rings. The molecule has 2 amide bonds. The molecule has 0 heterocycles. The summed E-state index contributed by atoms with van der Waals surface area (Å²) in [6.45, 7) is 10.8. The molecule has 0 aromatic rings. The molecule has 0 saturated heterocycles. The van der Waals surface area contributed by atoms with Crippen molar-refractivity contribution in [2.24, 2.45) is 5.73 Å². The molecule has 0 aromatic carbocycles. The topological polar surface area (TPSA) is 146 Å². The summed E-state index contributed by atoms with van der Waals surface area (Å²) in [5.74, 6) is -1.94. The molecule has 174 valence electrons. The van der Waals surface area contributed by atoms with Crippen molar-refractivity contribution >= 4 is 23.9 Å². The van der Waals surface area contributed by atoms with E-state index in [9.17, 15) is 19.2 Å². The van der Waals surface area contributed by atoms with Crippen molar-refractivity contribution in [3.05, 3.63) is 38.0 Å². The number of urea groups is 1. The Hall–Kier alpha value is -3.14. The zero-order valence-electron chi connectivity index (χ0n) is 17.8. The smallest absolute Gasteiger partial charge is 0.329 e. The highest BCUT2D eigenvalue weighted by Crippen LogP contribution is 2.06. The van der Waals surface area contributed by atoms with Gasteiger partial charge in [0.05, 0.1) is 0 Å². The standard InChI is InChI=1S/C21H33N3O7/c1-4-13-29-18(25)11-10-17(20(27)31-15-6-3)24-21(28)23-16(9-7-8-12-22)19(26)30-14-5-2/h4-6,16-17H,1-3,7-15,22H2,(H2,23,24,28). The third-order valence-electron chi connectivity index (χ3n) is 3.81. The predicted molar refractivity (Wildman–Crippen MR) is 115 cm³/mol. The molecule has 0 aliphatic heterocycles. The normalized spacial score (nSPS) is 11.9. The lowest BCUT2D eigenvalue weighted by atomic mass is 10.1. The second kappa shape index (κ2) is 17.7. The summed E-state index contributed by atoms with van der Waals surface area (Å²) >= 11 is 0. The lowest BCUT2D eigenvalue weighted by Crippen LogP contribution is -2.52. The Morgan fingerprint density at radius 3 is 1.74 bits per heavy atom. The van der Waals surface area contributed by atoms with Crippen LogP contribution in [-0.4, -0.2) is 62.4 Å². The van der Waals surface area contributed by atoms with E-state index in [0.717, 1.165) is 0 Å². The molecule has 0 saturated carbocycles. The van der Waals surface area contributed by atoms with Gasteiger partial charge >= 0.3 is 23.9 Å². The van der Waals surface area contributed by atoms with Crippen LogP contribution in [0.5, 0.6) is 0 Å². The lowest BCUT2D eigenvalue weighted by Gasteiger charge is -2.21. The van der Waals surface area contributed by atoms with Gasteiger partial charge in [-0.25, -0.2) is 14.4 Å². The highest BCUT2D eigenvalue weighted by molar-refractivity contribution is 5.87. The van der Waals surface area contributed by atoms with Gasteiger partial charge < -0.3 is 30.6 Å². The van der Waals surface area contributed by atoms with Crippen LogP contribution in [0, 0.1) is 0 Å². The van der Waals surface area contributed by atoms with Crippen LogP contribution in [0.3, 0.4) is 0 Å². The molecule has 0 aliphatic carbocycles. The molecule has 31 heavy (non-hydrogen) atoms. The van der Waals surface area contributed by atoms with Gasteiger partial charge in [0.2, 0.25) is 0 Å². The number of nitrogens with one attached hydrogen (secondary N) is 2. The maximum atomic E-state index is 12.4. The van der Waals surface area contributed by atoms with Gasteiger partial charge in [0, 0.05) is 6.42 Å². The van der Waals surface area contributed by atoms with Crippen molar-refractivity contribution in [3.63, 3.8) is 0 Å². The zero-order chi connectivity index (χ0) is 23.5. The average molecular weight is 440 g/mol. The number of rotatable bonds is 17. The first-order valence-electron chi connectivity index (χ1n) is 9.98. The fourth-order valence-electron chi connectivity index (χ4n) is 2.32. The Morgan fingerprint density at radius 1 is 0.774 bits per heavy atom. The molecule has 0 rings (SSSR count). The van der Waals surface area contributed by atoms with Gasteiger partial charge in [-0.1, -0.05) is 38.0 Å². The number of hydrogen-bond donors (Lipinski definition) is 3. The maximum absolute atomic E-state index is 12.4. The van der Waals surface area contributed by atoms with E-state index in [-0.39, 0.29) is 32.7 Å². The molecule has 10 heteroatoms. The van der Waals surface area contributed by atoms with Crippen LogP contribution in [0.1, 0.15) is 32.1 Å². The minimum Gasteiger partial charge on any atom is -0.461 e. The summed E-state index contributed by atoms with van der Waals surface area (Å²) in [6.07, 6.45) is 5.56. The van der Waals surface area contributed by atoms with Crippen LogP contribution in [0.15, 0.2) is 38.0 Å². The molecule has 2 atom stereocenters. The highest BCUT2D eigenvalue weighted by Gasteiger charge is 2.27. The van der Waals surface area contributed by atoms with Gasteiger partial charge in [-0.15, -0.1) is 0 Å². The SMILES string of the molecule is C=CCOC(=O)CCC(NC(=O)NC(CCCCN)C(=O)OCC=C)C(=O)OCC=C. The molecular formula is C21H33N3O7. The molecule has 4 N–H and O–H groups in total. The minimum absolute atomic E-state index is 0.00115. The van der Waals surface area contributed by atoms with E-state index in [1.54, 1.807) is 0 Å². The van der Waals surface area contributed by atoms with Gasteiger partial charge in [-0.2, -0.15) is 0 Å². The number of hydrogen-bond acceptors (Lipinski definition) is 8. The van der Waals surface area contributed by atoms with Crippen LogP contribution in [0.25, 0.3) is 0 Å². The van der Waals surface area contributed by atoms with Crippen molar-refractivity contribution in [1.82, 2.24) is 10.6 Å². The van der Waals surface area contributed by atoms with Crippen LogP contribution in [0.2, 0.25) is 0 Å². The molecule has 0 aromatic heterocycles. The van der Waals surface area contributed by atoms with E-state index in [1.165, 1.54) is 18.2 Å². The van der Waals surface area contributed by atoms with Gasteiger partial charge in [0.1, 0.15) is 31.9 Å². The van der Waals surface area contributed by atoms with Gasteiger partial charge in [-0.3, -0.25) is 4.79 Å². The number of amides is 2. The maximum Gasteiger partial charge on any atom is 0.329 e. The average Bonchev–Trinajstić information content (AvgIpc) is 2.76. The van der Waals surface area contributed by atoms with Crippen LogP contribution in [0.4, 0.5) is 4.79 Å². The summed E-state index contributed by atoms with van der Waals surface area (Å²) in [5.41, 5.74) is 5.47. The highest BCUT2D eigenvalue weighted by atomic mass is 16.5. The second-order valence-electron chi connectivity index (χ2n) is 6.36. The fraction of sp³-hybridized carbons (Fsp3) is 0.524. The molecular weight excluding hydrogens is 406 g/mol. The first-order chi connectivity index (χ1) is 14.9. The number of unbranched alkanes of at least 4 members (excludes halogenated alkanes) is 1. The van der Waals surface area contributed by atoms with E-state index in [2.05, 4.69) is 30.4 Å². The Kier molecular flexibility index (Phi) is 15.9. The van der Waals surface area contributed by atoms with Crippen LogP contribution in [-0.2, 0) is 28.6 Å². The number of carbonyl (C=O) groups excluding carboxylic acids is 4. The monoisotopic (exact) mass is 439 g/mol. The quantitative estimate of drug-likeness (QED) is 0.132. The lowest BCUT2D eigenvalue weighted by molar-refractivity contribution is -0.146. The zero-order valence-corrected chi connectivity index (χ0v) is 17.8. The summed E-state index contributed by atoms with van der Waals surface area (Å²) in [7, 11) is 0. The van der Waals surface area contributed by atoms with Crippen LogP contribution < -0.4 is 16.4 Å². The number of carbonyl (C=O) groups is 4. The predicted octanol–water partition coefficient (Wildman–Crippen LogP) is 1.12. The summed E-state index contributed by atoms with van der Waals surface area (Å²) < 4.78 is 14.8. The van der Waals surface area contributed by atoms with Crippen molar-refractivity contribution < 1.29 is 33.4 Å². The van der Waals surface area contributed by atoms with Crippen molar-refractivity contribution in [1.29, 1.82) is 0 Å². The Labute approximate surface area is 182 Å². The first kappa shape index (κ1) is 27.9. The third-order valence-corrected chi connectivity index (χ3v) is 3.81. The Balaban J connectivity index is 5.04. The molecule has 10 nitrogen and oxygen atoms in total. The minimum atomic E-state index is -1.13. The summed E-state index contributed by atoms with van der Waals surface area (Å²) in [6, 6.07) is -2.85. The number of esters is 3. The molecule has 0 fully saturated rings. The molecule has 0 radical (unpaired) electrons. The Bertz CT molecular complexity index is 622. The first-order valence-corrected chi connectivity index (χ1v) is 9.98. The summed E-state index contributed by atoms with van der Waals surface area (Å²) in [4.78, 5) is 48.6. The van der Waals surface area contributed by atoms with E-state index >= 15 is 0 Å². The van der Waals surface area contributed by atoms with E-state index in [0.29, 0.717) is 25.8 Å². The fourth-order valence-corrected chi connectivity index (χ4v) is 2.32. The van der Waals surface area contributed by atoms with Crippen molar-refractivity contribution in [2.75, 3.05) is 26.4 Å². The summed E-state index contributed by atoms with van der Waals surface area (Å²) in [5, 5.41) is 4.92. The van der Waals surface area contributed by atoms with Gasteiger partial charge in [0.25, 0.3) is 0 Å².